The zero-order valence-electron chi connectivity index (χ0n) is 12.6. The maximum atomic E-state index is 4.60. The maximum Gasteiger partial charge on any atom is 0.161 e. The second kappa shape index (κ2) is 6.85. The van der Waals surface area contributed by atoms with Gasteiger partial charge in [-0.2, -0.15) is 0 Å². The summed E-state index contributed by atoms with van der Waals surface area (Å²) in [6.45, 7) is 3.80. The summed E-state index contributed by atoms with van der Waals surface area (Å²) in [5, 5.41) is 3.37. The van der Waals surface area contributed by atoms with E-state index >= 15 is 0 Å². The lowest BCUT2D eigenvalue weighted by Crippen LogP contribution is -2.08. The van der Waals surface area contributed by atoms with E-state index in [-0.39, 0.29) is 0 Å². The number of hydrogen-bond acceptors (Lipinski definition) is 4. The predicted molar refractivity (Wildman–Crippen MR) is 87.5 cm³/mol. The number of aryl methyl sites for hydroxylation is 2. The van der Waals surface area contributed by atoms with Crippen LogP contribution in [0.15, 0.2) is 55.1 Å². The molecule has 0 saturated heterocycles. The third-order valence-electron chi connectivity index (χ3n) is 3.34. The highest BCUT2D eigenvalue weighted by atomic mass is 15.0. The van der Waals surface area contributed by atoms with Gasteiger partial charge in [0.2, 0.25) is 0 Å². The smallest absolute Gasteiger partial charge is 0.161 e. The molecule has 0 fully saturated rings. The molecule has 3 aromatic rings. The molecule has 3 rings (SSSR count). The minimum Gasteiger partial charge on any atom is -0.370 e. The first-order valence-electron chi connectivity index (χ1n) is 7.42. The zero-order chi connectivity index (χ0) is 15.2. The largest absolute Gasteiger partial charge is 0.370 e. The molecule has 2 heterocycles. The fourth-order valence-corrected chi connectivity index (χ4v) is 2.27. The molecular weight excluding hydrogens is 274 g/mol. The number of imidazole rings is 1. The lowest BCUT2D eigenvalue weighted by atomic mass is 10.2. The molecule has 1 N–H and O–H groups in total. The first-order chi connectivity index (χ1) is 10.8. The summed E-state index contributed by atoms with van der Waals surface area (Å²) >= 11 is 0. The third kappa shape index (κ3) is 3.69. The predicted octanol–water partition coefficient (Wildman–Crippen LogP) is 3.15. The minimum absolute atomic E-state index is 0.762. The van der Waals surface area contributed by atoms with Gasteiger partial charge < -0.3 is 9.88 Å². The Morgan fingerprint density at radius 1 is 1.14 bits per heavy atom. The molecule has 22 heavy (non-hydrogen) atoms. The second-order valence-corrected chi connectivity index (χ2v) is 5.17. The van der Waals surface area contributed by atoms with Crippen LogP contribution in [0, 0.1) is 6.92 Å². The van der Waals surface area contributed by atoms with Crippen LogP contribution >= 0.6 is 0 Å². The molecule has 1 aromatic carbocycles. The maximum absolute atomic E-state index is 4.60. The Kier molecular flexibility index (Phi) is 4.44. The SMILES string of the molecule is Cc1cc(NCCCn2ccnc2)nc(-c2ccccc2)n1. The van der Waals surface area contributed by atoms with E-state index in [1.54, 1.807) is 6.20 Å². The molecule has 2 aromatic heterocycles. The van der Waals surface area contributed by atoms with Gasteiger partial charge in [0.05, 0.1) is 6.33 Å². The molecule has 0 amide bonds. The average molecular weight is 293 g/mol. The summed E-state index contributed by atoms with van der Waals surface area (Å²) in [5.41, 5.74) is 2.00. The number of anilines is 1. The Morgan fingerprint density at radius 3 is 2.77 bits per heavy atom. The van der Waals surface area contributed by atoms with Crippen LogP contribution in [-0.4, -0.2) is 26.1 Å². The van der Waals surface area contributed by atoms with E-state index in [0.717, 1.165) is 42.4 Å². The van der Waals surface area contributed by atoms with Crippen molar-refractivity contribution in [2.45, 2.75) is 19.9 Å². The Hall–Kier alpha value is -2.69. The van der Waals surface area contributed by atoms with Crippen molar-refractivity contribution in [1.82, 2.24) is 19.5 Å². The Balaban J connectivity index is 1.63. The number of benzene rings is 1. The van der Waals surface area contributed by atoms with Gasteiger partial charge in [0, 0.05) is 42.8 Å². The van der Waals surface area contributed by atoms with Gasteiger partial charge in [0.25, 0.3) is 0 Å². The molecule has 0 atom stereocenters. The van der Waals surface area contributed by atoms with Crippen LogP contribution in [0.2, 0.25) is 0 Å². The van der Waals surface area contributed by atoms with E-state index in [2.05, 4.69) is 24.8 Å². The highest BCUT2D eigenvalue weighted by molar-refractivity contribution is 5.57. The van der Waals surface area contributed by atoms with Crippen molar-refractivity contribution >= 4 is 5.82 Å². The van der Waals surface area contributed by atoms with Gasteiger partial charge in [-0.1, -0.05) is 30.3 Å². The quantitative estimate of drug-likeness (QED) is 0.709. The molecular formula is C17H19N5. The first-order valence-corrected chi connectivity index (χ1v) is 7.42. The normalized spacial score (nSPS) is 10.6. The van der Waals surface area contributed by atoms with Crippen molar-refractivity contribution < 1.29 is 0 Å². The van der Waals surface area contributed by atoms with Crippen molar-refractivity contribution in [3.8, 4) is 11.4 Å². The average Bonchev–Trinajstić information content (AvgIpc) is 3.05. The van der Waals surface area contributed by atoms with Crippen molar-refractivity contribution in [2.24, 2.45) is 0 Å². The van der Waals surface area contributed by atoms with E-state index in [9.17, 15) is 0 Å². The van der Waals surface area contributed by atoms with E-state index in [0.29, 0.717) is 0 Å². The van der Waals surface area contributed by atoms with Gasteiger partial charge in [-0.25, -0.2) is 15.0 Å². The molecule has 0 radical (unpaired) electrons. The number of aromatic nitrogens is 4. The Morgan fingerprint density at radius 2 is 2.00 bits per heavy atom. The van der Waals surface area contributed by atoms with Gasteiger partial charge in [0.15, 0.2) is 5.82 Å². The molecule has 5 nitrogen and oxygen atoms in total. The van der Waals surface area contributed by atoms with Gasteiger partial charge in [-0.05, 0) is 13.3 Å². The van der Waals surface area contributed by atoms with E-state index in [1.165, 1.54) is 0 Å². The fraction of sp³-hybridized carbons (Fsp3) is 0.235. The molecule has 0 unspecified atom stereocenters. The van der Waals surface area contributed by atoms with Gasteiger partial charge in [-0.15, -0.1) is 0 Å². The Labute approximate surface area is 130 Å². The van der Waals surface area contributed by atoms with Crippen LogP contribution < -0.4 is 5.32 Å². The van der Waals surface area contributed by atoms with Gasteiger partial charge in [0.1, 0.15) is 5.82 Å². The summed E-state index contributed by atoms with van der Waals surface area (Å²) in [6.07, 6.45) is 6.62. The van der Waals surface area contributed by atoms with Crippen LogP contribution in [0.3, 0.4) is 0 Å². The standard InChI is InChI=1S/C17H19N5/c1-14-12-16(19-8-5-10-22-11-9-18-13-22)21-17(20-14)15-6-3-2-4-7-15/h2-4,6-7,9,11-13H,5,8,10H2,1H3,(H,19,20,21). The first kappa shape index (κ1) is 14.3. The van der Waals surface area contributed by atoms with Crippen LogP contribution in [0.1, 0.15) is 12.1 Å². The fourth-order valence-electron chi connectivity index (χ4n) is 2.27. The second-order valence-electron chi connectivity index (χ2n) is 5.17. The van der Waals surface area contributed by atoms with Crippen LogP contribution in [0.25, 0.3) is 11.4 Å². The van der Waals surface area contributed by atoms with Crippen molar-refractivity contribution in [2.75, 3.05) is 11.9 Å². The lowest BCUT2D eigenvalue weighted by Gasteiger charge is -2.09. The summed E-state index contributed by atoms with van der Waals surface area (Å²) in [5.74, 6) is 1.63. The van der Waals surface area contributed by atoms with E-state index < -0.39 is 0 Å². The number of nitrogens with one attached hydrogen (secondary N) is 1. The Bertz CT molecular complexity index is 707. The minimum atomic E-state index is 0.762. The van der Waals surface area contributed by atoms with Crippen LogP contribution in [0.4, 0.5) is 5.82 Å². The van der Waals surface area contributed by atoms with Crippen LogP contribution in [-0.2, 0) is 6.54 Å². The lowest BCUT2D eigenvalue weighted by molar-refractivity contribution is 0.660. The summed E-state index contributed by atoms with van der Waals surface area (Å²) < 4.78 is 2.07. The van der Waals surface area contributed by atoms with E-state index in [1.807, 2.05) is 55.8 Å². The molecule has 5 heteroatoms. The summed E-state index contributed by atoms with van der Waals surface area (Å²) in [6, 6.07) is 12.0. The monoisotopic (exact) mass is 293 g/mol. The molecule has 0 aliphatic heterocycles. The highest BCUT2D eigenvalue weighted by Crippen LogP contribution is 2.17. The molecule has 0 saturated carbocycles. The molecule has 112 valence electrons. The van der Waals surface area contributed by atoms with Gasteiger partial charge >= 0.3 is 0 Å². The molecule has 0 aliphatic rings. The van der Waals surface area contributed by atoms with Crippen LogP contribution in [0.5, 0.6) is 0 Å². The summed E-state index contributed by atoms with van der Waals surface area (Å²) in [4.78, 5) is 13.1. The number of nitrogens with zero attached hydrogens (tertiary/aromatic N) is 4. The van der Waals surface area contributed by atoms with Crippen molar-refractivity contribution in [3.63, 3.8) is 0 Å². The highest BCUT2D eigenvalue weighted by Gasteiger charge is 2.04. The van der Waals surface area contributed by atoms with Crippen molar-refractivity contribution in [3.05, 3.63) is 60.8 Å². The molecule has 0 spiro atoms. The topological polar surface area (TPSA) is 55.6 Å². The molecule has 0 bridgehead atoms. The zero-order valence-corrected chi connectivity index (χ0v) is 12.6. The summed E-state index contributed by atoms with van der Waals surface area (Å²) in [7, 11) is 0. The van der Waals surface area contributed by atoms with Gasteiger partial charge in [-0.3, -0.25) is 0 Å². The number of hydrogen-bond donors (Lipinski definition) is 1. The molecule has 0 aliphatic carbocycles. The third-order valence-corrected chi connectivity index (χ3v) is 3.34. The number of rotatable bonds is 6. The van der Waals surface area contributed by atoms with Crippen molar-refractivity contribution in [1.29, 1.82) is 0 Å². The van der Waals surface area contributed by atoms with E-state index in [4.69, 9.17) is 0 Å².